The summed E-state index contributed by atoms with van der Waals surface area (Å²) in [5.41, 5.74) is 8.28. The number of hydrogen-bond donors (Lipinski definition) is 1. The van der Waals surface area contributed by atoms with Crippen LogP contribution in [0.4, 0.5) is 0 Å². The van der Waals surface area contributed by atoms with Crippen LogP contribution in [-0.4, -0.2) is 35.7 Å². The Labute approximate surface area is 126 Å². The number of piperidine rings is 1. The highest BCUT2D eigenvalue weighted by Crippen LogP contribution is 2.22. The minimum Gasteiger partial charge on any atom is -0.369 e. The van der Waals surface area contributed by atoms with Crippen molar-refractivity contribution in [3.05, 3.63) is 34.9 Å². The van der Waals surface area contributed by atoms with Crippen molar-refractivity contribution in [1.82, 2.24) is 4.90 Å². The summed E-state index contributed by atoms with van der Waals surface area (Å²) in [5.74, 6) is -0.271. The Kier molecular flexibility index (Phi) is 4.78. The highest BCUT2D eigenvalue weighted by molar-refractivity contribution is 5.99. The Hall–Kier alpha value is -1.68. The van der Waals surface area contributed by atoms with Crippen LogP contribution in [0.3, 0.4) is 0 Å². The number of ketones is 1. The zero-order valence-electron chi connectivity index (χ0n) is 13.1. The SMILES string of the molecule is Cc1ccc(C)c(C(=O)CN2CC(C(N)=O)CCC2C)c1. The molecule has 2 rings (SSSR count). The smallest absolute Gasteiger partial charge is 0.221 e. The molecule has 2 unspecified atom stereocenters. The number of carbonyl (C=O) groups excluding carboxylic acids is 2. The molecule has 1 fully saturated rings. The van der Waals surface area contributed by atoms with Gasteiger partial charge in [0, 0.05) is 18.2 Å². The van der Waals surface area contributed by atoms with E-state index in [-0.39, 0.29) is 17.6 Å². The highest BCUT2D eigenvalue weighted by Gasteiger charge is 2.30. The molecule has 4 nitrogen and oxygen atoms in total. The molecule has 1 aromatic rings. The first kappa shape index (κ1) is 15.7. The van der Waals surface area contributed by atoms with E-state index in [1.165, 1.54) is 0 Å². The van der Waals surface area contributed by atoms with Crippen molar-refractivity contribution in [3.63, 3.8) is 0 Å². The molecule has 2 atom stereocenters. The summed E-state index contributed by atoms with van der Waals surface area (Å²) < 4.78 is 0. The third-order valence-corrected chi connectivity index (χ3v) is 4.45. The van der Waals surface area contributed by atoms with Crippen LogP contribution in [0.25, 0.3) is 0 Å². The second-order valence-electron chi connectivity index (χ2n) is 6.20. The maximum absolute atomic E-state index is 12.6. The lowest BCUT2D eigenvalue weighted by Crippen LogP contribution is -2.47. The summed E-state index contributed by atoms with van der Waals surface area (Å²) in [5, 5.41) is 0. The maximum Gasteiger partial charge on any atom is 0.221 e. The summed E-state index contributed by atoms with van der Waals surface area (Å²) in [6.45, 7) is 7.00. The number of aryl methyl sites for hydroxylation is 2. The maximum atomic E-state index is 12.6. The van der Waals surface area contributed by atoms with Crippen molar-refractivity contribution < 1.29 is 9.59 Å². The van der Waals surface area contributed by atoms with Gasteiger partial charge in [0.15, 0.2) is 5.78 Å². The Morgan fingerprint density at radius 3 is 2.67 bits per heavy atom. The van der Waals surface area contributed by atoms with Gasteiger partial charge in [0.2, 0.25) is 5.91 Å². The summed E-state index contributed by atoms with van der Waals surface area (Å²) in [7, 11) is 0. The minimum absolute atomic E-state index is 0.119. The summed E-state index contributed by atoms with van der Waals surface area (Å²) >= 11 is 0. The number of nitrogens with two attached hydrogens (primary N) is 1. The van der Waals surface area contributed by atoms with Gasteiger partial charge in [-0.1, -0.05) is 17.7 Å². The molecule has 1 aromatic carbocycles. The second-order valence-corrected chi connectivity index (χ2v) is 6.20. The van der Waals surface area contributed by atoms with E-state index < -0.39 is 0 Å². The van der Waals surface area contributed by atoms with Crippen molar-refractivity contribution in [2.45, 2.75) is 39.7 Å². The van der Waals surface area contributed by atoms with Gasteiger partial charge in [0.25, 0.3) is 0 Å². The largest absolute Gasteiger partial charge is 0.369 e. The molecule has 0 aliphatic carbocycles. The first-order valence-corrected chi connectivity index (χ1v) is 7.52. The molecular formula is C17H24N2O2. The number of rotatable bonds is 4. The number of benzene rings is 1. The van der Waals surface area contributed by atoms with Crippen LogP contribution < -0.4 is 5.73 Å². The Balaban J connectivity index is 2.10. The van der Waals surface area contributed by atoms with Crippen molar-refractivity contribution in [1.29, 1.82) is 0 Å². The molecular weight excluding hydrogens is 264 g/mol. The number of carbonyl (C=O) groups is 2. The molecule has 0 saturated carbocycles. The molecule has 1 amide bonds. The number of Topliss-reactive ketones (excluding diaryl/α,β-unsaturated/α-hetero) is 1. The normalized spacial score (nSPS) is 23.0. The number of primary amides is 1. The molecule has 1 saturated heterocycles. The lowest BCUT2D eigenvalue weighted by molar-refractivity contribution is -0.123. The fourth-order valence-corrected chi connectivity index (χ4v) is 2.94. The van der Waals surface area contributed by atoms with Gasteiger partial charge < -0.3 is 5.73 Å². The van der Waals surface area contributed by atoms with Gasteiger partial charge in [-0.15, -0.1) is 0 Å². The number of nitrogens with zero attached hydrogens (tertiary/aromatic N) is 1. The highest BCUT2D eigenvalue weighted by atomic mass is 16.1. The lowest BCUT2D eigenvalue weighted by Gasteiger charge is -2.36. The number of amides is 1. The standard InChI is InChI=1S/C17H24N2O2/c1-11-4-5-12(2)15(8-11)16(20)10-19-9-14(17(18)21)7-6-13(19)3/h4-5,8,13-14H,6-7,9-10H2,1-3H3,(H2,18,21). The average Bonchev–Trinajstić information content (AvgIpc) is 2.43. The van der Waals surface area contributed by atoms with Crippen molar-refractivity contribution in [3.8, 4) is 0 Å². The predicted octanol–water partition coefficient (Wildman–Crippen LogP) is 2.07. The first-order chi connectivity index (χ1) is 9.88. The van der Waals surface area contributed by atoms with E-state index in [2.05, 4.69) is 11.8 Å². The average molecular weight is 288 g/mol. The molecule has 1 aliphatic heterocycles. The van der Waals surface area contributed by atoms with E-state index in [9.17, 15) is 9.59 Å². The van der Waals surface area contributed by atoms with Crippen molar-refractivity contribution >= 4 is 11.7 Å². The summed E-state index contributed by atoms with van der Waals surface area (Å²) in [4.78, 5) is 26.0. The Morgan fingerprint density at radius 2 is 2.00 bits per heavy atom. The van der Waals surface area contributed by atoms with Crippen LogP contribution >= 0.6 is 0 Å². The molecule has 0 aromatic heterocycles. The van der Waals surface area contributed by atoms with E-state index >= 15 is 0 Å². The second kappa shape index (κ2) is 6.39. The van der Waals surface area contributed by atoms with Crippen molar-refractivity contribution in [2.75, 3.05) is 13.1 Å². The van der Waals surface area contributed by atoms with Gasteiger partial charge in [0.1, 0.15) is 0 Å². The third-order valence-electron chi connectivity index (χ3n) is 4.45. The topological polar surface area (TPSA) is 63.4 Å². The van der Waals surface area contributed by atoms with Crippen LogP contribution in [0.2, 0.25) is 0 Å². The van der Waals surface area contributed by atoms with Gasteiger partial charge in [-0.25, -0.2) is 0 Å². The monoisotopic (exact) mass is 288 g/mol. The van der Waals surface area contributed by atoms with Crippen LogP contribution in [-0.2, 0) is 4.79 Å². The van der Waals surface area contributed by atoms with Gasteiger partial charge >= 0.3 is 0 Å². The van der Waals surface area contributed by atoms with Crippen molar-refractivity contribution in [2.24, 2.45) is 11.7 Å². The zero-order valence-corrected chi connectivity index (χ0v) is 13.1. The van der Waals surface area contributed by atoms with Gasteiger partial charge in [-0.2, -0.15) is 0 Å². The molecule has 114 valence electrons. The van der Waals surface area contributed by atoms with Gasteiger partial charge in [0.05, 0.1) is 12.5 Å². The van der Waals surface area contributed by atoms with Crippen LogP contribution in [0.1, 0.15) is 41.3 Å². The molecule has 1 aliphatic rings. The molecule has 0 spiro atoms. The number of likely N-dealkylation sites (tertiary alicyclic amines) is 1. The Morgan fingerprint density at radius 1 is 1.29 bits per heavy atom. The van der Waals surface area contributed by atoms with Gasteiger partial charge in [-0.05, 0) is 45.2 Å². The van der Waals surface area contributed by atoms with E-state index in [1.54, 1.807) is 0 Å². The van der Waals surface area contributed by atoms with E-state index in [0.29, 0.717) is 19.1 Å². The molecule has 0 bridgehead atoms. The fourth-order valence-electron chi connectivity index (χ4n) is 2.94. The zero-order chi connectivity index (χ0) is 15.6. The third kappa shape index (κ3) is 3.70. The number of hydrogen-bond acceptors (Lipinski definition) is 3. The molecule has 4 heteroatoms. The van der Waals surface area contributed by atoms with Crippen LogP contribution in [0, 0.1) is 19.8 Å². The molecule has 0 radical (unpaired) electrons. The molecule has 2 N–H and O–H groups in total. The van der Waals surface area contributed by atoms with E-state index in [1.807, 2.05) is 32.0 Å². The van der Waals surface area contributed by atoms with Gasteiger partial charge in [-0.3, -0.25) is 14.5 Å². The van der Waals surface area contributed by atoms with E-state index in [4.69, 9.17) is 5.73 Å². The van der Waals surface area contributed by atoms with Crippen LogP contribution in [0.15, 0.2) is 18.2 Å². The van der Waals surface area contributed by atoms with E-state index in [0.717, 1.165) is 29.5 Å². The minimum atomic E-state index is -0.258. The quantitative estimate of drug-likeness (QED) is 0.863. The lowest BCUT2D eigenvalue weighted by atomic mass is 9.92. The molecule has 21 heavy (non-hydrogen) atoms. The molecule has 1 heterocycles. The summed E-state index contributed by atoms with van der Waals surface area (Å²) in [6.07, 6.45) is 1.73. The first-order valence-electron chi connectivity index (χ1n) is 7.52. The summed E-state index contributed by atoms with van der Waals surface area (Å²) in [6, 6.07) is 6.25. The Bertz CT molecular complexity index is 554. The predicted molar refractivity (Wildman–Crippen MR) is 83.2 cm³/mol. The fraction of sp³-hybridized carbons (Fsp3) is 0.529. The van der Waals surface area contributed by atoms with Crippen LogP contribution in [0.5, 0.6) is 0 Å².